The van der Waals surface area contributed by atoms with Crippen LogP contribution in [0.5, 0.6) is 0 Å². The van der Waals surface area contributed by atoms with Gasteiger partial charge in [0.15, 0.2) is 11.4 Å². The summed E-state index contributed by atoms with van der Waals surface area (Å²) in [7, 11) is 0. The van der Waals surface area contributed by atoms with Crippen LogP contribution in [0.15, 0.2) is 6.20 Å². The van der Waals surface area contributed by atoms with Gasteiger partial charge in [-0.15, -0.1) is 0 Å². The predicted octanol–water partition coefficient (Wildman–Crippen LogP) is 1.79. The zero-order valence-corrected chi connectivity index (χ0v) is 15.2. The van der Waals surface area contributed by atoms with Crippen LogP contribution in [0.25, 0.3) is 0 Å². The lowest BCUT2D eigenvalue weighted by molar-refractivity contribution is -0.122. The molecule has 0 aromatic carbocycles. The van der Waals surface area contributed by atoms with Gasteiger partial charge < -0.3 is 20.7 Å². The number of aldehydes is 1. The number of anilines is 1. The molecule has 1 aromatic heterocycles. The highest BCUT2D eigenvalue weighted by molar-refractivity contribution is 7.17. The van der Waals surface area contributed by atoms with Gasteiger partial charge in [0, 0.05) is 13.1 Å². The quantitative estimate of drug-likeness (QED) is 0.484. The molecule has 134 valence electrons. The lowest BCUT2D eigenvalue weighted by Crippen LogP contribution is -2.46. The molecule has 8 nitrogen and oxygen atoms in total. The lowest BCUT2D eigenvalue weighted by Gasteiger charge is -2.21. The van der Waals surface area contributed by atoms with Gasteiger partial charge in [-0.25, -0.2) is 9.78 Å². The number of thiazole rings is 1. The van der Waals surface area contributed by atoms with Gasteiger partial charge in [0.2, 0.25) is 5.91 Å². The maximum atomic E-state index is 11.9. The van der Waals surface area contributed by atoms with Crippen LogP contribution in [0, 0.1) is 0 Å². The molecular formula is C15H24N4O4S. The van der Waals surface area contributed by atoms with E-state index >= 15 is 0 Å². The maximum Gasteiger partial charge on any atom is 0.408 e. The van der Waals surface area contributed by atoms with Crippen molar-refractivity contribution in [3.05, 3.63) is 11.1 Å². The third-order valence-corrected chi connectivity index (χ3v) is 3.58. The number of hydrogen-bond acceptors (Lipinski definition) is 7. The van der Waals surface area contributed by atoms with Crippen molar-refractivity contribution in [2.45, 2.75) is 45.8 Å². The van der Waals surface area contributed by atoms with E-state index in [1.54, 1.807) is 27.7 Å². The molecule has 1 aromatic rings. The van der Waals surface area contributed by atoms with Crippen molar-refractivity contribution in [1.82, 2.24) is 15.6 Å². The van der Waals surface area contributed by atoms with Crippen LogP contribution in [0.4, 0.5) is 9.93 Å². The highest BCUT2D eigenvalue weighted by Crippen LogP contribution is 2.15. The van der Waals surface area contributed by atoms with Crippen molar-refractivity contribution in [3.63, 3.8) is 0 Å². The van der Waals surface area contributed by atoms with Crippen LogP contribution in [0.1, 0.15) is 43.8 Å². The SMILES string of the molecule is C[C@H](NC(=O)OC(C)(C)C)C(=O)NCCCNc1ncc(C=O)s1. The summed E-state index contributed by atoms with van der Waals surface area (Å²) in [5.74, 6) is -0.279. The largest absolute Gasteiger partial charge is 0.444 e. The third kappa shape index (κ3) is 7.91. The van der Waals surface area contributed by atoms with Crippen molar-refractivity contribution < 1.29 is 19.1 Å². The number of amides is 2. The average molecular weight is 356 g/mol. The van der Waals surface area contributed by atoms with Crippen LogP contribution in [0.2, 0.25) is 0 Å². The second-order valence-corrected chi connectivity index (χ2v) is 7.19. The fourth-order valence-electron chi connectivity index (χ4n) is 1.62. The summed E-state index contributed by atoms with van der Waals surface area (Å²) in [5, 5.41) is 8.95. The number of aromatic nitrogens is 1. The first kappa shape index (κ1) is 19.9. The van der Waals surface area contributed by atoms with Crippen molar-refractivity contribution in [1.29, 1.82) is 0 Å². The Balaban J connectivity index is 2.18. The predicted molar refractivity (Wildman–Crippen MR) is 92.4 cm³/mol. The van der Waals surface area contributed by atoms with Gasteiger partial charge in [0.25, 0.3) is 0 Å². The number of nitrogens with one attached hydrogen (secondary N) is 3. The topological polar surface area (TPSA) is 109 Å². The average Bonchev–Trinajstić information content (AvgIpc) is 2.92. The van der Waals surface area contributed by atoms with Crippen LogP contribution in [0.3, 0.4) is 0 Å². The minimum Gasteiger partial charge on any atom is -0.444 e. The maximum absolute atomic E-state index is 11.9. The minimum atomic E-state index is -0.679. The normalized spacial score (nSPS) is 12.2. The van der Waals surface area contributed by atoms with Crippen LogP contribution in [-0.2, 0) is 9.53 Å². The Kier molecular flexibility index (Phi) is 7.63. The molecule has 24 heavy (non-hydrogen) atoms. The molecule has 0 saturated carbocycles. The second kappa shape index (κ2) is 9.21. The molecule has 0 saturated heterocycles. The van der Waals surface area contributed by atoms with Gasteiger partial charge in [-0.05, 0) is 34.1 Å². The molecule has 0 aliphatic heterocycles. The molecule has 9 heteroatoms. The Hall–Kier alpha value is -2.16. The fraction of sp³-hybridized carbons (Fsp3) is 0.600. The number of carbonyl (C=O) groups excluding carboxylic acids is 3. The van der Waals surface area contributed by atoms with E-state index in [0.29, 0.717) is 29.5 Å². The van der Waals surface area contributed by atoms with Crippen molar-refractivity contribution in [2.24, 2.45) is 0 Å². The Morgan fingerprint density at radius 3 is 2.67 bits per heavy atom. The summed E-state index contributed by atoms with van der Waals surface area (Å²) in [6.45, 7) is 7.92. The lowest BCUT2D eigenvalue weighted by atomic mass is 10.2. The monoisotopic (exact) mass is 356 g/mol. The third-order valence-electron chi connectivity index (χ3n) is 2.70. The summed E-state index contributed by atoms with van der Waals surface area (Å²) < 4.78 is 5.09. The first-order chi connectivity index (χ1) is 11.2. The number of hydrogen-bond donors (Lipinski definition) is 3. The first-order valence-corrected chi connectivity index (χ1v) is 8.45. The van der Waals surface area contributed by atoms with E-state index in [1.807, 2.05) is 0 Å². The molecule has 0 unspecified atom stereocenters. The van der Waals surface area contributed by atoms with E-state index in [-0.39, 0.29) is 5.91 Å². The van der Waals surface area contributed by atoms with E-state index in [2.05, 4.69) is 20.9 Å². The number of rotatable bonds is 8. The van der Waals surface area contributed by atoms with Crippen molar-refractivity contribution in [2.75, 3.05) is 18.4 Å². The molecule has 0 aliphatic carbocycles. The van der Waals surface area contributed by atoms with E-state index in [4.69, 9.17) is 4.74 Å². The van der Waals surface area contributed by atoms with Gasteiger partial charge in [-0.1, -0.05) is 11.3 Å². The fourth-order valence-corrected chi connectivity index (χ4v) is 2.28. The molecule has 0 fully saturated rings. The first-order valence-electron chi connectivity index (χ1n) is 7.63. The molecule has 3 N–H and O–H groups in total. The molecule has 0 spiro atoms. The van der Waals surface area contributed by atoms with Crippen LogP contribution < -0.4 is 16.0 Å². The summed E-state index contributed by atoms with van der Waals surface area (Å²) in [6, 6.07) is -0.679. The van der Waals surface area contributed by atoms with Gasteiger partial charge >= 0.3 is 6.09 Å². The number of nitrogens with zero attached hydrogens (tertiary/aromatic N) is 1. The van der Waals surface area contributed by atoms with E-state index < -0.39 is 17.7 Å². The smallest absolute Gasteiger partial charge is 0.408 e. The van der Waals surface area contributed by atoms with E-state index in [1.165, 1.54) is 17.5 Å². The van der Waals surface area contributed by atoms with E-state index in [9.17, 15) is 14.4 Å². The summed E-state index contributed by atoms with van der Waals surface area (Å²) in [5.41, 5.74) is -0.606. The van der Waals surface area contributed by atoms with Crippen LogP contribution in [-0.4, -0.2) is 48.0 Å². The summed E-state index contributed by atoms with van der Waals surface area (Å²) in [6.07, 6.45) is 2.32. The van der Waals surface area contributed by atoms with Crippen molar-refractivity contribution >= 4 is 34.8 Å². The van der Waals surface area contributed by atoms with Crippen molar-refractivity contribution in [3.8, 4) is 0 Å². The molecule has 2 amide bonds. The molecule has 0 radical (unpaired) electrons. The summed E-state index contributed by atoms with van der Waals surface area (Å²) in [4.78, 5) is 38.6. The second-order valence-electron chi connectivity index (χ2n) is 6.12. The Bertz CT molecular complexity index is 568. The number of alkyl carbamates (subject to hydrolysis) is 1. The zero-order valence-electron chi connectivity index (χ0n) is 14.3. The molecule has 0 aliphatic rings. The molecule has 0 bridgehead atoms. The number of carbonyl (C=O) groups is 3. The highest BCUT2D eigenvalue weighted by atomic mass is 32.1. The van der Waals surface area contributed by atoms with Gasteiger partial charge in [0.05, 0.1) is 11.1 Å². The van der Waals surface area contributed by atoms with Gasteiger partial charge in [0.1, 0.15) is 11.6 Å². The standard InChI is InChI=1S/C15H24N4O4S/c1-10(19-14(22)23-15(2,3)4)12(21)16-6-5-7-17-13-18-8-11(9-20)24-13/h8-10H,5-7H2,1-4H3,(H,16,21)(H,17,18)(H,19,22)/t10-/m0/s1. The molecule has 1 atom stereocenters. The van der Waals surface area contributed by atoms with Gasteiger partial charge in [-0.2, -0.15) is 0 Å². The Morgan fingerprint density at radius 1 is 1.38 bits per heavy atom. The zero-order chi connectivity index (χ0) is 18.2. The molecular weight excluding hydrogens is 332 g/mol. The Morgan fingerprint density at radius 2 is 2.08 bits per heavy atom. The summed E-state index contributed by atoms with van der Waals surface area (Å²) >= 11 is 1.27. The minimum absolute atomic E-state index is 0.279. The number of ether oxygens (including phenoxy) is 1. The Labute approximate surface area is 145 Å². The van der Waals surface area contributed by atoms with E-state index in [0.717, 1.165) is 6.29 Å². The highest BCUT2D eigenvalue weighted by Gasteiger charge is 2.20. The van der Waals surface area contributed by atoms with Crippen LogP contribution >= 0.6 is 11.3 Å². The molecule has 1 rings (SSSR count). The van der Waals surface area contributed by atoms with Gasteiger partial charge in [-0.3, -0.25) is 9.59 Å². The molecule has 1 heterocycles.